The van der Waals surface area contributed by atoms with Gasteiger partial charge in [0.25, 0.3) is 5.91 Å². The quantitative estimate of drug-likeness (QED) is 0.686. The second kappa shape index (κ2) is 9.64. The first-order valence-electron chi connectivity index (χ1n) is 8.47. The second-order valence-electron chi connectivity index (χ2n) is 5.93. The molecule has 6 heteroatoms. The Labute approximate surface area is 149 Å². The van der Waals surface area contributed by atoms with Gasteiger partial charge in [0.2, 0.25) is 0 Å². The van der Waals surface area contributed by atoms with Gasteiger partial charge in [-0.15, -0.1) is 0 Å². The number of hydrogen-bond acceptors (Lipinski definition) is 5. The molecule has 0 spiro atoms. The summed E-state index contributed by atoms with van der Waals surface area (Å²) in [4.78, 5) is 18.8. The molecule has 0 saturated heterocycles. The number of rotatable bonds is 9. The summed E-state index contributed by atoms with van der Waals surface area (Å²) in [5.41, 5.74) is 1.99. The van der Waals surface area contributed by atoms with E-state index in [2.05, 4.69) is 20.5 Å². The van der Waals surface area contributed by atoms with E-state index >= 15 is 0 Å². The van der Waals surface area contributed by atoms with Crippen LogP contribution in [0.3, 0.4) is 0 Å². The largest absolute Gasteiger partial charge is 0.492 e. The Morgan fingerprint density at radius 1 is 1.24 bits per heavy atom. The molecule has 2 rings (SSSR count). The standard InChI is InChI=1S/C19H26N4O2/c1-4-25-18-9-6-5-8-17(18)22-19(24)15-12-16(14-20-13-15)21-10-7-11-23(2)3/h5-6,8-9,12-14,21H,4,7,10-11H2,1-3H3,(H,22,24). The number of ether oxygens (including phenoxy) is 1. The van der Waals surface area contributed by atoms with Gasteiger partial charge in [-0.05, 0) is 52.2 Å². The summed E-state index contributed by atoms with van der Waals surface area (Å²) in [6, 6.07) is 9.20. The van der Waals surface area contributed by atoms with Gasteiger partial charge < -0.3 is 20.3 Å². The predicted octanol–water partition coefficient (Wildman–Crippen LogP) is 3.10. The summed E-state index contributed by atoms with van der Waals surface area (Å²) in [5.74, 6) is 0.445. The van der Waals surface area contributed by atoms with E-state index in [9.17, 15) is 4.79 Å². The highest BCUT2D eigenvalue weighted by molar-refractivity contribution is 6.05. The van der Waals surface area contributed by atoms with E-state index in [-0.39, 0.29) is 5.91 Å². The average molecular weight is 342 g/mol. The van der Waals surface area contributed by atoms with Crippen LogP contribution in [0.4, 0.5) is 11.4 Å². The van der Waals surface area contributed by atoms with Crippen molar-refractivity contribution >= 4 is 17.3 Å². The van der Waals surface area contributed by atoms with Crippen molar-refractivity contribution in [3.8, 4) is 5.75 Å². The number of aromatic nitrogens is 1. The normalized spacial score (nSPS) is 10.6. The molecule has 134 valence electrons. The predicted molar refractivity (Wildman–Crippen MR) is 101 cm³/mol. The molecule has 0 fully saturated rings. The molecule has 0 atom stereocenters. The Hall–Kier alpha value is -2.60. The van der Waals surface area contributed by atoms with Crippen molar-refractivity contribution in [3.63, 3.8) is 0 Å². The third-order valence-corrected chi connectivity index (χ3v) is 3.55. The molecule has 0 radical (unpaired) electrons. The van der Waals surface area contributed by atoms with Crippen molar-refractivity contribution in [2.45, 2.75) is 13.3 Å². The molecule has 0 aliphatic carbocycles. The van der Waals surface area contributed by atoms with Gasteiger partial charge in [0.15, 0.2) is 0 Å². The van der Waals surface area contributed by atoms with Gasteiger partial charge in [-0.3, -0.25) is 9.78 Å². The van der Waals surface area contributed by atoms with Crippen molar-refractivity contribution in [1.29, 1.82) is 0 Å². The number of benzene rings is 1. The topological polar surface area (TPSA) is 66.5 Å². The number of carbonyl (C=O) groups excluding carboxylic acids is 1. The van der Waals surface area contributed by atoms with E-state index in [0.29, 0.717) is 23.6 Å². The summed E-state index contributed by atoms with van der Waals surface area (Å²) in [6.45, 7) is 4.29. The summed E-state index contributed by atoms with van der Waals surface area (Å²) < 4.78 is 5.54. The number of hydrogen-bond donors (Lipinski definition) is 2. The Kier molecular flexibility index (Phi) is 7.22. The van der Waals surface area contributed by atoms with Gasteiger partial charge in [0, 0.05) is 18.9 Å². The molecule has 2 N–H and O–H groups in total. The first-order chi connectivity index (χ1) is 12.1. The summed E-state index contributed by atoms with van der Waals surface area (Å²) in [6.07, 6.45) is 4.30. The number of nitrogens with zero attached hydrogens (tertiary/aromatic N) is 2. The molecule has 1 heterocycles. The second-order valence-corrected chi connectivity index (χ2v) is 5.93. The summed E-state index contributed by atoms with van der Waals surface area (Å²) in [7, 11) is 4.10. The lowest BCUT2D eigenvalue weighted by Crippen LogP contribution is -2.17. The van der Waals surface area contributed by atoms with Gasteiger partial charge >= 0.3 is 0 Å². The third-order valence-electron chi connectivity index (χ3n) is 3.55. The molecule has 0 bridgehead atoms. The maximum Gasteiger partial charge on any atom is 0.257 e. The average Bonchev–Trinajstić information content (AvgIpc) is 2.61. The van der Waals surface area contributed by atoms with Crippen LogP contribution in [0.5, 0.6) is 5.75 Å². The van der Waals surface area contributed by atoms with Gasteiger partial charge in [-0.2, -0.15) is 0 Å². The smallest absolute Gasteiger partial charge is 0.257 e. The van der Waals surface area contributed by atoms with E-state index in [1.165, 1.54) is 0 Å². The fourth-order valence-electron chi connectivity index (χ4n) is 2.33. The monoisotopic (exact) mass is 342 g/mol. The molecule has 6 nitrogen and oxygen atoms in total. The molecule has 0 aliphatic heterocycles. The molecule has 0 saturated carbocycles. The minimum absolute atomic E-state index is 0.211. The van der Waals surface area contributed by atoms with Crippen LogP contribution in [-0.2, 0) is 0 Å². The van der Waals surface area contributed by atoms with Crippen LogP contribution in [0, 0.1) is 0 Å². The molecule has 0 unspecified atom stereocenters. The van der Waals surface area contributed by atoms with E-state index in [1.54, 1.807) is 18.5 Å². The van der Waals surface area contributed by atoms with E-state index < -0.39 is 0 Å². The zero-order chi connectivity index (χ0) is 18.1. The van der Waals surface area contributed by atoms with E-state index in [0.717, 1.165) is 25.2 Å². The maximum atomic E-state index is 12.5. The lowest BCUT2D eigenvalue weighted by atomic mass is 10.2. The van der Waals surface area contributed by atoms with Gasteiger partial charge in [-0.25, -0.2) is 0 Å². The highest BCUT2D eigenvalue weighted by Gasteiger charge is 2.10. The molecule has 25 heavy (non-hydrogen) atoms. The van der Waals surface area contributed by atoms with Crippen LogP contribution in [0.15, 0.2) is 42.7 Å². The Balaban J connectivity index is 1.99. The van der Waals surface area contributed by atoms with E-state index in [1.807, 2.05) is 45.3 Å². The SMILES string of the molecule is CCOc1ccccc1NC(=O)c1cncc(NCCCN(C)C)c1. The lowest BCUT2D eigenvalue weighted by Gasteiger charge is -2.12. The Bertz CT molecular complexity index is 689. The van der Waals surface area contributed by atoms with Crippen molar-refractivity contribution in [2.75, 3.05) is 44.4 Å². The van der Waals surface area contributed by atoms with Crippen molar-refractivity contribution in [1.82, 2.24) is 9.88 Å². The maximum absolute atomic E-state index is 12.5. The fourth-order valence-corrected chi connectivity index (χ4v) is 2.33. The zero-order valence-electron chi connectivity index (χ0n) is 15.1. The van der Waals surface area contributed by atoms with Crippen molar-refractivity contribution in [3.05, 3.63) is 48.3 Å². The number of carbonyl (C=O) groups is 1. The Morgan fingerprint density at radius 2 is 2.04 bits per heavy atom. The van der Waals surface area contributed by atoms with Gasteiger partial charge in [0.05, 0.1) is 23.5 Å². The number of anilines is 2. The summed E-state index contributed by atoms with van der Waals surface area (Å²) >= 11 is 0. The third kappa shape index (κ3) is 6.08. The van der Waals surface area contributed by atoms with Crippen LogP contribution >= 0.6 is 0 Å². The molecular formula is C19H26N4O2. The van der Waals surface area contributed by atoms with Crippen LogP contribution in [-0.4, -0.2) is 49.6 Å². The lowest BCUT2D eigenvalue weighted by molar-refractivity contribution is 0.102. The van der Waals surface area contributed by atoms with Crippen LogP contribution in [0.2, 0.25) is 0 Å². The molecule has 1 aromatic heterocycles. The fraction of sp³-hybridized carbons (Fsp3) is 0.368. The number of amides is 1. The first kappa shape index (κ1) is 18.7. The molecule has 0 aliphatic rings. The highest BCUT2D eigenvalue weighted by Crippen LogP contribution is 2.24. The minimum Gasteiger partial charge on any atom is -0.492 e. The number of para-hydroxylation sites is 2. The molecule has 1 aromatic carbocycles. The summed E-state index contributed by atoms with van der Waals surface area (Å²) in [5, 5.41) is 6.18. The number of nitrogens with one attached hydrogen (secondary N) is 2. The van der Waals surface area contributed by atoms with Crippen molar-refractivity contribution < 1.29 is 9.53 Å². The van der Waals surface area contributed by atoms with E-state index in [4.69, 9.17) is 4.74 Å². The zero-order valence-corrected chi connectivity index (χ0v) is 15.1. The van der Waals surface area contributed by atoms with Gasteiger partial charge in [0.1, 0.15) is 5.75 Å². The molecule has 2 aromatic rings. The van der Waals surface area contributed by atoms with Crippen LogP contribution in [0.1, 0.15) is 23.7 Å². The van der Waals surface area contributed by atoms with Crippen molar-refractivity contribution in [2.24, 2.45) is 0 Å². The van der Waals surface area contributed by atoms with Gasteiger partial charge in [-0.1, -0.05) is 12.1 Å². The number of pyridine rings is 1. The molecular weight excluding hydrogens is 316 g/mol. The Morgan fingerprint density at radius 3 is 2.80 bits per heavy atom. The minimum atomic E-state index is -0.211. The van der Waals surface area contributed by atoms with Crippen LogP contribution in [0.25, 0.3) is 0 Å². The highest BCUT2D eigenvalue weighted by atomic mass is 16.5. The first-order valence-corrected chi connectivity index (χ1v) is 8.47. The van der Waals surface area contributed by atoms with Crippen LogP contribution < -0.4 is 15.4 Å². The molecule has 1 amide bonds.